The minimum atomic E-state index is -1.02. The number of halogens is 1. The first kappa shape index (κ1) is 21.1. The predicted molar refractivity (Wildman–Crippen MR) is 109 cm³/mol. The van der Waals surface area contributed by atoms with Crippen LogP contribution in [0.15, 0.2) is 48.5 Å². The summed E-state index contributed by atoms with van der Waals surface area (Å²) < 4.78 is 11.3. The van der Waals surface area contributed by atoms with E-state index in [1.165, 1.54) is 0 Å². The Labute approximate surface area is 166 Å². The van der Waals surface area contributed by atoms with E-state index in [-0.39, 0.29) is 11.9 Å². The zero-order valence-electron chi connectivity index (χ0n) is 16.5. The van der Waals surface area contributed by atoms with Crippen LogP contribution in [0.5, 0.6) is 11.5 Å². The van der Waals surface area contributed by atoms with Crippen molar-refractivity contribution >= 4 is 17.5 Å². The molecule has 0 fully saturated rings. The number of ether oxygens (including phenoxy) is 2. The molecule has 0 saturated heterocycles. The van der Waals surface area contributed by atoms with E-state index in [1.807, 2.05) is 43.3 Å². The van der Waals surface area contributed by atoms with Crippen LogP contribution < -0.4 is 14.8 Å². The minimum absolute atomic E-state index is 0.0311. The maximum absolute atomic E-state index is 12.7. The number of benzene rings is 2. The van der Waals surface area contributed by atoms with Crippen molar-refractivity contribution in [2.75, 3.05) is 27.7 Å². The van der Waals surface area contributed by atoms with Gasteiger partial charge in [0.25, 0.3) is 5.91 Å². The van der Waals surface area contributed by atoms with Crippen LogP contribution in [0, 0.1) is 0 Å². The second kappa shape index (κ2) is 9.11. The Balaban J connectivity index is 2.07. The third-order valence-corrected chi connectivity index (χ3v) is 4.56. The summed E-state index contributed by atoms with van der Waals surface area (Å²) >= 11 is 5.89. The van der Waals surface area contributed by atoms with Crippen molar-refractivity contribution in [1.29, 1.82) is 0 Å². The Morgan fingerprint density at radius 1 is 1.15 bits per heavy atom. The lowest BCUT2D eigenvalue weighted by atomic mass is 10.0. The first-order valence-electron chi connectivity index (χ1n) is 8.77. The van der Waals surface area contributed by atoms with Crippen molar-refractivity contribution in [2.45, 2.75) is 25.5 Å². The molecule has 5 nitrogen and oxygen atoms in total. The molecule has 6 heteroatoms. The van der Waals surface area contributed by atoms with Gasteiger partial charge in [0.1, 0.15) is 11.5 Å². The molecule has 0 unspecified atom stereocenters. The SMILES string of the molecule is COc1ccccc1[C@H](CNC(=O)C(C)(C)Oc1ccc(Cl)cc1)N(C)C. The Morgan fingerprint density at radius 2 is 1.78 bits per heavy atom. The molecule has 0 saturated carbocycles. The average Bonchev–Trinajstić information content (AvgIpc) is 2.63. The zero-order valence-corrected chi connectivity index (χ0v) is 17.2. The highest BCUT2D eigenvalue weighted by Gasteiger charge is 2.31. The number of carbonyl (C=O) groups is 1. The van der Waals surface area contributed by atoms with Crippen LogP contribution in [-0.2, 0) is 4.79 Å². The zero-order chi connectivity index (χ0) is 20.0. The van der Waals surface area contributed by atoms with Gasteiger partial charge in [-0.05, 0) is 58.3 Å². The number of hydrogen-bond donors (Lipinski definition) is 1. The third kappa shape index (κ3) is 5.62. The van der Waals surface area contributed by atoms with Crippen LogP contribution in [0.4, 0.5) is 0 Å². The Morgan fingerprint density at radius 3 is 2.37 bits per heavy atom. The van der Waals surface area contributed by atoms with E-state index in [0.29, 0.717) is 17.3 Å². The van der Waals surface area contributed by atoms with E-state index in [1.54, 1.807) is 45.2 Å². The fraction of sp³-hybridized carbons (Fsp3) is 0.381. The summed E-state index contributed by atoms with van der Waals surface area (Å²) in [5.74, 6) is 1.19. The van der Waals surface area contributed by atoms with Gasteiger partial charge >= 0.3 is 0 Å². The summed E-state index contributed by atoms with van der Waals surface area (Å²) in [6.45, 7) is 3.91. The lowest BCUT2D eigenvalue weighted by Gasteiger charge is -2.29. The Hall–Kier alpha value is -2.24. The van der Waals surface area contributed by atoms with Gasteiger partial charge in [0.2, 0.25) is 0 Å². The van der Waals surface area contributed by atoms with E-state index in [0.717, 1.165) is 11.3 Å². The number of likely N-dealkylation sites (N-methyl/N-ethyl adjacent to an activating group) is 1. The van der Waals surface area contributed by atoms with Gasteiger partial charge in [0.15, 0.2) is 5.60 Å². The van der Waals surface area contributed by atoms with Crippen molar-refractivity contribution in [2.24, 2.45) is 0 Å². The normalized spacial score (nSPS) is 12.6. The van der Waals surface area contributed by atoms with Gasteiger partial charge in [-0.3, -0.25) is 4.79 Å². The standard InChI is InChI=1S/C21H27ClN2O3/c1-21(2,27-16-12-10-15(22)11-13-16)20(25)23-14-18(24(3)4)17-8-6-7-9-19(17)26-5/h6-13,18H,14H2,1-5H3,(H,23,25)/t18-/m0/s1. The molecular weight excluding hydrogens is 364 g/mol. The van der Waals surface area contributed by atoms with Gasteiger partial charge in [-0.1, -0.05) is 29.8 Å². The van der Waals surface area contributed by atoms with Gasteiger partial charge in [-0.15, -0.1) is 0 Å². The first-order valence-corrected chi connectivity index (χ1v) is 9.14. The summed E-state index contributed by atoms with van der Waals surface area (Å²) in [6, 6.07) is 14.7. The number of rotatable bonds is 8. The highest BCUT2D eigenvalue weighted by Crippen LogP contribution is 2.28. The number of para-hydroxylation sites is 1. The quantitative estimate of drug-likeness (QED) is 0.742. The van der Waals surface area contributed by atoms with Crippen LogP contribution in [0.1, 0.15) is 25.5 Å². The summed E-state index contributed by atoms with van der Waals surface area (Å²) in [5.41, 5.74) is -0.00687. The molecule has 146 valence electrons. The van der Waals surface area contributed by atoms with Gasteiger partial charge in [0.05, 0.1) is 13.2 Å². The molecule has 27 heavy (non-hydrogen) atoms. The van der Waals surface area contributed by atoms with Crippen LogP contribution in [0.3, 0.4) is 0 Å². The summed E-state index contributed by atoms with van der Waals surface area (Å²) in [4.78, 5) is 14.8. The Kier molecular flexibility index (Phi) is 7.11. The van der Waals surface area contributed by atoms with E-state index in [4.69, 9.17) is 21.1 Å². The lowest BCUT2D eigenvalue weighted by molar-refractivity contribution is -0.134. The van der Waals surface area contributed by atoms with E-state index in [2.05, 4.69) is 5.32 Å². The molecule has 2 rings (SSSR count). The monoisotopic (exact) mass is 390 g/mol. The second-order valence-corrected chi connectivity index (χ2v) is 7.43. The molecule has 1 amide bonds. The maximum Gasteiger partial charge on any atom is 0.263 e. The number of methoxy groups -OCH3 is 1. The van der Waals surface area contributed by atoms with Crippen molar-refractivity contribution < 1.29 is 14.3 Å². The molecule has 1 N–H and O–H groups in total. The Bertz CT molecular complexity index is 760. The molecular formula is C21H27ClN2O3. The van der Waals surface area contributed by atoms with E-state index < -0.39 is 5.60 Å². The summed E-state index contributed by atoms with van der Waals surface area (Å²) in [6.07, 6.45) is 0. The second-order valence-electron chi connectivity index (χ2n) is 7.00. The summed E-state index contributed by atoms with van der Waals surface area (Å²) in [5, 5.41) is 3.62. The fourth-order valence-corrected chi connectivity index (χ4v) is 2.88. The first-order chi connectivity index (χ1) is 12.7. The van der Waals surface area contributed by atoms with Gasteiger partial charge in [-0.25, -0.2) is 0 Å². The molecule has 0 aliphatic heterocycles. The molecule has 0 radical (unpaired) electrons. The highest BCUT2D eigenvalue weighted by molar-refractivity contribution is 6.30. The molecule has 0 heterocycles. The number of hydrogen-bond acceptors (Lipinski definition) is 4. The van der Waals surface area contributed by atoms with Crippen LogP contribution in [0.2, 0.25) is 5.02 Å². The average molecular weight is 391 g/mol. The minimum Gasteiger partial charge on any atom is -0.496 e. The topological polar surface area (TPSA) is 50.8 Å². The molecule has 0 aromatic heterocycles. The van der Waals surface area contributed by atoms with E-state index >= 15 is 0 Å². The third-order valence-electron chi connectivity index (χ3n) is 4.31. The molecule has 0 spiro atoms. The van der Waals surface area contributed by atoms with Crippen molar-refractivity contribution in [3.63, 3.8) is 0 Å². The fourth-order valence-electron chi connectivity index (χ4n) is 2.76. The molecule has 0 aliphatic rings. The van der Waals surface area contributed by atoms with Crippen LogP contribution in [-0.4, -0.2) is 44.2 Å². The maximum atomic E-state index is 12.7. The van der Waals surface area contributed by atoms with Crippen LogP contribution >= 0.6 is 11.6 Å². The van der Waals surface area contributed by atoms with Gasteiger partial charge in [-0.2, -0.15) is 0 Å². The molecule has 0 aliphatic carbocycles. The smallest absolute Gasteiger partial charge is 0.263 e. The number of carbonyl (C=O) groups excluding carboxylic acids is 1. The largest absolute Gasteiger partial charge is 0.496 e. The van der Waals surface area contributed by atoms with Crippen LogP contribution in [0.25, 0.3) is 0 Å². The van der Waals surface area contributed by atoms with Crippen molar-refractivity contribution in [3.05, 3.63) is 59.1 Å². The highest BCUT2D eigenvalue weighted by atomic mass is 35.5. The van der Waals surface area contributed by atoms with Gasteiger partial charge in [0, 0.05) is 17.1 Å². The molecule has 2 aromatic rings. The number of amides is 1. The lowest BCUT2D eigenvalue weighted by Crippen LogP contribution is -2.48. The van der Waals surface area contributed by atoms with Gasteiger partial charge < -0.3 is 19.7 Å². The number of nitrogens with one attached hydrogen (secondary N) is 1. The van der Waals surface area contributed by atoms with E-state index in [9.17, 15) is 4.79 Å². The molecule has 1 atom stereocenters. The molecule has 2 aromatic carbocycles. The van der Waals surface area contributed by atoms with Crippen molar-refractivity contribution in [1.82, 2.24) is 10.2 Å². The van der Waals surface area contributed by atoms with Crippen molar-refractivity contribution in [3.8, 4) is 11.5 Å². The molecule has 0 bridgehead atoms. The number of nitrogens with zero attached hydrogens (tertiary/aromatic N) is 1. The predicted octanol–water partition coefficient (Wildman–Crippen LogP) is 3.93. The summed E-state index contributed by atoms with van der Waals surface area (Å²) in [7, 11) is 5.59.